The molecule has 0 saturated carbocycles. The lowest BCUT2D eigenvalue weighted by Crippen LogP contribution is -1.62. The highest BCUT2D eigenvalue weighted by Gasteiger charge is 1.67. The summed E-state index contributed by atoms with van der Waals surface area (Å²) in [6.07, 6.45) is 0.541. The second-order valence-corrected chi connectivity index (χ2v) is 2.58. The molecular formula is H2BIOP. The molecule has 0 spiro atoms. The SMILES string of the molecule is O[B]PI. The maximum absolute atomic E-state index is 7.75. The van der Waals surface area contributed by atoms with E-state index in [1.165, 1.54) is 0 Å². The highest BCUT2D eigenvalue weighted by atomic mass is 127. The molecule has 0 aromatic carbocycles. The minimum atomic E-state index is 0.541. The van der Waals surface area contributed by atoms with Gasteiger partial charge in [-0.25, -0.2) is 0 Å². The van der Waals surface area contributed by atoms with E-state index >= 15 is 0 Å². The van der Waals surface area contributed by atoms with Gasteiger partial charge in [0, 0.05) is 0 Å². The molecule has 1 nitrogen and oxygen atoms in total. The van der Waals surface area contributed by atoms with Gasteiger partial charge in [0.15, 0.2) is 0 Å². The van der Waals surface area contributed by atoms with Crippen LogP contribution in [-0.2, 0) is 0 Å². The monoisotopic (exact) mass is 187 g/mol. The first kappa shape index (κ1) is 5.18. The summed E-state index contributed by atoms with van der Waals surface area (Å²) in [5, 5.41) is 7.75. The third kappa shape index (κ3) is 3.18. The zero-order valence-corrected chi connectivity index (χ0v) is 5.06. The molecular weight excluding hydrogens is 185 g/mol. The normalized spacial score (nSPS) is 9.50. The number of hydrogen-bond acceptors (Lipinski definition) is 1. The van der Waals surface area contributed by atoms with Gasteiger partial charge in [-0.2, -0.15) is 0 Å². The summed E-state index contributed by atoms with van der Waals surface area (Å²) in [5.74, 6) is 0. The van der Waals surface area contributed by atoms with E-state index in [4.69, 9.17) is 5.02 Å². The van der Waals surface area contributed by atoms with Crippen molar-refractivity contribution in [3.8, 4) is 0 Å². The Bertz CT molecular complexity index is 10.0. The van der Waals surface area contributed by atoms with E-state index in [1.807, 2.05) is 0 Å². The minimum Gasteiger partial charge on any atom is -0.449 e. The fraction of sp³-hybridized carbons (Fsp3) is 0. The van der Waals surface area contributed by atoms with E-state index in [0.29, 0.717) is 6.10 Å². The summed E-state index contributed by atoms with van der Waals surface area (Å²) >= 11 is 2.07. The standard InChI is InChI=1S/BH2IOP/c2-4-1-3/h3-4H. The molecule has 1 atom stereocenters. The van der Waals surface area contributed by atoms with Crippen LogP contribution in [0.5, 0.6) is 0 Å². The minimum absolute atomic E-state index is 0.541. The van der Waals surface area contributed by atoms with Crippen LogP contribution in [0.15, 0.2) is 0 Å². The van der Waals surface area contributed by atoms with Gasteiger partial charge < -0.3 is 5.02 Å². The van der Waals surface area contributed by atoms with Crippen LogP contribution in [0.1, 0.15) is 0 Å². The van der Waals surface area contributed by atoms with Gasteiger partial charge in [-0.3, -0.25) is 0 Å². The number of rotatable bonds is 1. The highest BCUT2D eigenvalue weighted by Crippen LogP contribution is 2.14. The van der Waals surface area contributed by atoms with Crippen LogP contribution >= 0.6 is 28.1 Å². The molecule has 1 radical (unpaired) electrons. The largest absolute Gasteiger partial charge is 0.449 e. The van der Waals surface area contributed by atoms with Crippen molar-refractivity contribution in [2.24, 2.45) is 0 Å². The van der Waals surface area contributed by atoms with Gasteiger partial charge >= 0.3 is 7.20 Å². The highest BCUT2D eigenvalue weighted by molar-refractivity contribution is 14.2. The van der Waals surface area contributed by atoms with Crippen molar-refractivity contribution < 1.29 is 5.02 Å². The van der Waals surface area contributed by atoms with Gasteiger partial charge in [0.05, 0.1) is 0 Å². The summed E-state index contributed by atoms with van der Waals surface area (Å²) in [7, 11) is 1.14. The van der Waals surface area contributed by atoms with Crippen molar-refractivity contribution in [3.63, 3.8) is 0 Å². The Morgan fingerprint density at radius 1 is 2.00 bits per heavy atom. The van der Waals surface area contributed by atoms with Crippen LogP contribution in [0, 0.1) is 0 Å². The molecule has 1 N–H and O–H groups in total. The molecule has 0 saturated heterocycles. The van der Waals surface area contributed by atoms with Crippen molar-refractivity contribution >= 4 is 35.3 Å². The van der Waals surface area contributed by atoms with Crippen LogP contribution < -0.4 is 0 Å². The fourth-order valence-electron chi connectivity index (χ4n) is 0. The van der Waals surface area contributed by atoms with Crippen LogP contribution in [0.4, 0.5) is 0 Å². The number of halogens is 1. The molecule has 4 heavy (non-hydrogen) atoms. The Hall–Kier alpha value is 1.18. The van der Waals surface area contributed by atoms with Gasteiger partial charge in [0.1, 0.15) is 0 Å². The maximum Gasteiger partial charge on any atom is 0.329 e. The predicted octanol–water partition coefficient (Wildman–Crippen LogP) is 0.541. The van der Waals surface area contributed by atoms with Crippen molar-refractivity contribution in [3.05, 3.63) is 0 Å². The second-order valence-electron chi connectivity index (χ2n) is 0.238. The Labute approximate surface area is 40.7 Å². The van der Waals surface area contributed by atoms with Crippen LogP contribution in [0.3, 0.4) is 0 Å². The predicted molar refractivity (Wildman–Crippen MR) is 30.3 cm³/mol. The summed E-state index contributed by atoms with van der Waals surface area (Å²) in [6, 6.07) is 0. The molecule has 0 aliphatic carbocycles. The molecule has 0 aromatic heterocycles. The zero-order chi connectivity index (χ0) is 3.41. The van der Waals surface area contributed by atoms with E-state index in [-0.39, 0.29) is 0 Å². The van der Waals surface area contributed by atoms with Gasteiger partial charge in [0.25, 0.3) is 0 Å². The van der Waals surface area contributed by atoms with Crippen molar-refractivity contribution in [2.45, 2.75) is 0 Å². The quantitative estimate of drug-likeness (QED) is 0.360. The summed E-state index contributed by atoms with van der Waals surface area (Å²) in [6.45, 7) is 0. The van der Waals surface area contributed by atoms with E-state index in [9.17, 15) is 0 Å². The van der Waals surface area contributed by atoms with Crippen molar-refractivity contribution in [1.82, 2.24) is 0 Å². The summed E-state index contributed by atoms with van der Waals surface area (Å²) < 4.78 is 0. The lowest BCUT2D eigenvalue weighted by atomic mass is 10.6. The van der Waals surface area contributed by atoms with Crippen LogP contribution in [0.2, 0.25) is 0 Å². The van der Waals surface area contributed by atoms with E-state index in [2.05, 4.69) is 22.0 Å². The number of hydrogen-bond donors (Lipinski definition) is 1. The molecule has 23 valence electrons. The molecule has 0 fully saturated rings. The Morgan fingerprint density at radius 2 is 2.25 bits per heavy atom. The third-order valence-corrected chi connectivity index (χ3v) is 0.982. The molecule has 0 bridgehead atoms. The van der Waals surface area contributed by atoms with E-state index < -0.39 is 0 Å². The first-order valence-electron chi connectivity index (χ1n) is 0.736. The summed E-state index contributed by atoms with van der Waals surface area (Å²) in [4.78, 5) is 0. The Morgan fingerprint density at radius 3 is 2.25 bits per heavy atom. The molecule has 0 rings (SSSR count). The average molecular weight is 187 g/mol. The third-order valence-electron chi connectivity index (χ3n) is 0.0488. The Balaban J connectivity index is 1.97. The molecule has 4 heteroatoms. The van der Waals surface area contributed by atoms with Gasteiger partial charge in [-0.05, 0) is 0 Å². The van der Waals surface area contributed by atoms with Crippen LogP contribution in [-0.4, -0.2) is 12.2 Å². The van der Waals surface area contributed by atoms with Crippen molar-refractivity contribution in [2.75, 3.05) is 0 Å². The second kappa shape index (κ2) is 4.18. The maximum atomic E-state index is 7.75. The molecule has 0 aliphatic rings. The molecule has 0 aliphatic heterocycles. The zero-order valence-electron chi connectivity index (χ0n) is 1.90. The molecule has 0 aromatic rings. The lowest BCUT2D eigenvalue weighted by molar-refractivity contribution is 0.623. The fourth-order valence-corrected chi connectivity index (χ4v) is 0. The van der Waals surface area contributed by atoms with Crippen LogP contribution in [0.25, 0.3) is 0 Å². The van der Waals surface area contributed by atoms with Gasteiger partial charge in [-0.15, -0.1) is 0 Å². The van der Waals surface area contributed by atoms with E-state index in [1.54, 1.807) is 0 Å². The summed E-state index contributed by atoms with van der Waals surface area (Å²) in [5.41, 5.74) is 0. The van der Waals surface area contributed by atoms with E-state index in [0.717, 1.165) is 7.20 Å². The first-order chi connectivity index (χ1) is 1.91. The molecule has 1 unspecified atom stereocenters. The van der Waals surface area contributed by atoms with Gasteiger partial charge in [0.2, 0.25) is 0 Å². The topological polar surface area (TPSA) is 20.2 Å². The van der Waals surface area contributed by atoms with Crippen molar-refractivity contribution in [1.29, 1.82) is 0 Å². The molecule has 0 amide bonds. The smallest absolute Gasteiger partial charge is 0.329 e. The molecule has 0 heterocycles. The Kier molecular flexibility index (Phi) is 5.42. The first-order valence-corrected chi connectivity index (χ1v) is 4.93. The lowest BCUT2D eigenvalue weighted by Gasteiger charge is -1.62. The van der Waals surface area contributed by atoms with Gasteiger partial charge in [-0.1, -0.05) is 28.1 Å². The average Bonchev–Trinajstić information content (AvgIpc) is 1.37.